The number of carbonyl (C=O) groups is 2. The Hall–Kier alpha value is -1.93. The minimum atomic E-state index is -1.54. The van der Waals surface area contributed by atoms with Crippen LogP contribution in [0.25, 0.3) is 0 Å². The van der Waals surface area contributed by atoms with E-state index in [-0.39, 0.29) is 41.7 Å². The SMILES string of the molecule is CC(C)C(O)c1cc(Cl)nc(C[C@]2(C(=O)O)CCN(C(=O)O)[C@@](C)(C(C)(C)C)C2C(C)(C)C)c1F. The number of hydrogen-bond donors (Lipinski definition) is 3. The Labute approximate surface area is 212 Å². The highest BCUT2D eigenvalue weighted by atomic mass is 35.5. The monoisotopic (exact) mass is 514 g/mol. The maximum Gasteiger partial charge on any atom is 0.407 e. The molecule has 1 fully saturated rings. The van der Waals surface area contributed by atoms with Gasteiger partial charge in [0.25, 0.3) is 0 Å². The van der Waals surface area contributed by atoms with Crippen LogP contribution in [0.2, 0.25) is 5.15 Å². The lowest BCUT2D eigenvalue weighted by Gasteiger charge is -2.64. The van der Waals surface area contributed by atoms with Crippen molar-refractivity contribution in [1.29, 1.82) is 0 Å². The summed E-state index contributed by atoms with van der Waals surface area (Å²) in [5.74, 6) is -2.93. The molecule has 0 saturated carbocycles. The van der Waals surface area contributed by atoms with E-state index in [0.717, 1.165) is 0 Å². The number of aliphatic hydroxyl groups excluding tert-OH is 1. The number of halogens is 2. The van der Waals surface area contributed by atoms with Gasteiger partial charge in [-0.15, -0.1) is 0 Å². The van der Waals surface area contributed by atoms with Crippen molar-refractivity contribution in [1.82, 2.24) is 9.88 Å². The summed E-state index contributed by atoms with van der Waals surface area (Å²) in [6, 6.07) is 1.27. The molecule has 3 N–H and O–H groups in total. The van der Waals surface area contributed by atoms with Crippen molar-refractivity contribution < 1.29 is 29.3 Å². The molecule has 7 nitrogen and oxygen atoms in total. The molecule has 4 atom stereocenters. The second-order valence-corrected chi connectivity index (χ2v) is 12.9. The molecule has 0 bridgehead atoms. The number of hydrogen-bond acceptors (Lipinski definition) is 4. The summed E-state index contributed by atoms with van der Waals surface area (Å²) in [5, 5.41) is 31.4. The largest absolute Gasteiger partial charge is 0.481 e. The molecule has 0 spiro atoms. The van der Waals surface area contributed by atoms with E-state index in [0.29, 0.717) is 0 Å². The minimum Gasteiger partial charge on any atom is -0.481 e. The standard InChI is InChI=1S/C26H40ClFN2O5/c1-14(2)19(31)15-12-17(27)29-16(18(15)28)13-26(21(32)33)10-11-30(22(34)35)25(9,24(6,7)8)20(26)23(3,4)5/h12,14,19-20,31H,10-11,13H2,1-9H3,(H,32,33)(H,34,35)/t19?,20?,25-,26-/m1/s1. The molecule has 1 amide bonds. The van der Waals surface area contributed by atoms with Gasteiger partial charge in [0.15, 0.2) is 5.82 Å². The van der Waals surface area contributed by atoms with Gasteiger partial charge in [-0.2, -0.15) is 0 Å². The molecule has 2 heterocycles. The predicted octanol–water partition coefficient (Wildman–Crippen LogP) is 6.03. The summed E-state index contributed by atoms with van der Waals surface area (Å²) in [6.45, 7) is 16.6. The summed E-state index contributed by atoms with van der Waals surface area (Å²) in [7, 11) is 0. The summed E-state index contributed by atoms with van der Waals surface area (Å²) >= 11 is 6.21. The van der Waals surface area contributed by atoms with Gasteiger partial charge in [0.1, 0.15) is 5.15 Å². The van der Waals surface area contributed by atoms with Gasteiger partial charge in [0.05, 0.1) is 22.8 Å². The molecule has 198 valence electrons. The first-order valence-electron chi connectivity index (χ1n) is 12.0. The van der Waals surface area contributed by atoms with Crippen LogP contribution in [0.4, 0.5) is 9.18 Å². The predicted molar refractivity (Wildman–Crippen MR) is 133 cm³/mol. The van der Waals surface area contributed by atoms with Crippen molar-refractivity contribution in [3.8, 4) is 0 Å². The number of aromatic nitrogens is 1. The first-order chi connectivity index (χ1) is 15.7. The van der Waals surface area contributed by atoms with Crippen LogP contribution in [0.5, 0.6) is 0 Å². The molecule has 0 aromatic carbocycles. The zero-order valence-corrected chi connectivity index (χ0v) is 23.0. The first-order valence-corrected chi connectivity index (χ1v) is 12.4. The lowest BCUT2D eigenvalue weighted by Crippen LogP contribution is -2.72. The van der Waals surface area contributed by atoms with Crippen LogP contribution in [0.1, 0.15) is 86.1 Å². The van der Waals surface area contributed by atoms with Crippen LogP contribution in [0, 0.1) is 33.9 Å². The van der Waals surface area contributed by atoms with Crippen molar-refractivity contribution in [3.05, 3.63) is 28.3 Å². The summed E-state index contributed by atoms with van der Waals surface area (Å²) in [5.41, 5.74) is -4.13. The maximum absolute atomic E-state index is 15.7. The fourth-order valence-electron chi connectivity index (χ4n) is 6.24. The maximum atomic E-state index is 15.7. The van der Waals surface area contributed by atoms with E-state index in [1.54, 1.807) is 20.8 Å². The van der Waals surface area contributed by atoms with Crippen LogP contribution in [0.3, 0.4) is 0 Å². The first kappa shape index (κ1) is 29.3. The van der Waals surface area contributed by atoms with Gasteiger partial charge in [0.2, 0.25) is 0 Å². The fraction of sp³-hybridized carbons (Fsp3) is 0.731. The second-order valence-electron chi connectivity index (χ2n) is 12.5. The highest BCUT2D eigenvalue weighted by Crippen LogP contribution is 2.60. The molecular weight excluding hydrogens is 475 g/mol. The van der Waals surface area contributed by atoms with E-state index in [4.69, 9.17) is 11.6 Å². The number of rotatable bonds is 5. The van der Waals surface area contributed by atoms with Gasteiger partial charge in [-0.05, 0) is 36.2 Å². The smallest absolute Gasteiger partial charge is 0.407 e. The number of piperidine rings is 1. The molecule has 9 heteroatoms. The third-order valence-corrected chi connectivity index (χ3v) is 8.15. The minimum absolute atomic E-state index is 0.0159. The lowest BCUT2D eigenvalue weighted by molar-refractivity contribution is -0.188. The van der Waals surface area contributed by atoms with Gasteiger partial charge in [-0.1, -0.05) is 67.0 Å². The van der Waals surface area contributed by atoms with E-state index in [1.165, 1.54) is 11.0 Å². The molecular formula is C26H40ClFN2O5. The molecule has 1 aromatic heterocycles. The zero-order chi connectivity index (χ0) is 27.3. The van der Waals surface area contributed by atoms with Crippen LogP contribution < -0.4 is 0 Å². The number of carboxylic acid groups (broad SMARTS) is 2. The molecule has 1 aliphatic heterocycles. The highest BCUT2D eigenvalue weighted by Gasteiger charge is 2.66. The Morgan fingerprint density at radius 3 is 2.17 bits per heavy atom. The number of likely N-dealkylation sites (tertiary alicyclic amines) is 1. The van der Waals surface area contributed by atoms with Crippen molar-refractivity contribution >= 4 is 23.7 Å². The highest BCUT2D eigenvalue weighted by molar-refractivity contribution is 6.29. The molecule has 2 rings (SSSR count). The number of aliphatic carboxylic acids is 1. The number of aliphatic hydroxyl groups is 1. The van der Waals surface area contributed by atoms with Crippen LogP contribution in [0.15, 0.2) is 6.07 Å². The summed E-state index contributed by atoms with van der Waals surface area (Å²) in [4.78, 5) is 31.0. The Kier molecular flexibility index (Phi) is 7.96. The average molecular weight is 515 g/mol. The van der Waals surface area contributed by atoms with E-state index in [9.17, 15) is 24.9 Å². The van der Waals surface area contributed by atoms with E-state index in [1.807, 2.05) is 41.5 Å². The number of carboxylic acids is 1. The lowest BCUT2D eigenvalue weighted by atomic mass is 9.47. The molecule has 2 unspecified atom stereocenters. The topological polar surface area (TPSA) is 111 Å². The van der Waals surface area contributed by atoms with Gasteiger partial charge < -0.3 is 20.2 Å². The van der Waals surface area contributed by atoms with E-state index >= 15 is 4.39 Å². The third kappa shape index (κ3) is 5.01. The molecule has 1 aliphatic rings. The van der Waals surface area contributed by atoms with Crippen molar-refractivity contribution in [2.24, 2.45) is 28.1 Å². The Balaban J connectivity index is 2.86. The summed E-state index contributed by atoms with van der Waals surface area (Å²) in [6.07, 6.45) is -2.56. The van der Waals surface area contributed by atoms with E-state index < -0.39 is 51.7 Å². The van der Waals surface area contributed by atoms with Crippen LogP contribution in [-0.2, 0) is 11.2 Å². The molecule has 1 aromatic rings. The Morgan fingerprint density at radius 1 is 1.23 bits per heavy atom. The second kappa shape index (κ2) is 9.51. The van der Waals surface area contributed by atoms with Crippen molar-refractivity contribution in [3.63, 3.8) is 0 Å². The Morgan fingerprint density at radius 2 is 1.77 bits per heavy atom. The van der Waals surface area contributed by atoms with Gasteiger partial charge in [-0.3, -0.25) is 4.79 Å². The number of amides is 1. The van der Waals surface area contributed by atoms with Crippen molar-refractivity contribution in [2.75, 3.05) is 6.54 Å². The van der Waals surface area contributed by atoms with Crippen LogP contribution >= 0.6 is 11.6 Å². The van der Waals surface area contributed by atoms with Crippen molar-refractivity contribution in [2.45, 2.75) is 86.8 Å². The molecule has 0 aliphatic carbocycles. The van der Waals surface area contributed by atoms with Gasteiger partial charge in [-0.25, -0.2) is 14.2 Å². The van der Waals surface area contributed by atoms with Gasteiger partial charge >= 0.3 is 12.1 Å². The quantitative estimate of drug-likeness (QED) is 0.414. The molecule has 1 saturated heterocycles. The summed E-state index contributed by atoms with van der Waals surface area (Å²) < 4.78 is 15.7. The van der Waals surface area contributed by atoms with Crippen LogP contribution in [-0.4, -0.2) is 49.3 Å². The normalized spacial score (nSPS) is 26.7. The average Bonchev–Trinajstić information content (AvgIpc) is 2.67. The fourth-order valence-corrected chi connectivity index (χ4v) is 6.46. The number of nitrogens with zero attached hydrogens (tertiary/aromatic N) is 2. The third-order valence-electron chi connectivity index (χ3n) is 7.95. The number of pyridine rings is 1. The molecule has 35 heavy (non-hydrogen) atoms. The van der Waals surface area contributed by atoms with E-state index in [2.05, 4.69) is 4.98 Å². The Bertz CT molecular complexity index is 987. The zero-order valence-electron chi connectivity index (χ0n) is 22.2. The van der Waals surface area contributed by atoms with Gasteiger partial charge in [0, 0.05) is 24.4 Å². The molecule has 0 radical (unpaired) electrons.